The zero-order chi connectivity index (χ0) is 19.5. The van der Waals surface area contributed by atoms with Crippen LogP contribution >= 0.6 is 0 Å². The Morgan fingerprint density at radius 3 is 2.25 bits per heavy atom. The second kappa shape index (κ2) is 7.17. The molecule has 0 aromatic rings. The molecular weight excluding hydrogens is 344 g/mol. The Bertz CT molecular complexity index is 638. The minimum Gasteiger partial charge on any atom is -0.469 e. The van der Waals surface area contributed by atoms with Gasteiger partial charge in [-0.25, -0.2) is 0 Å². The van der Waals surface area contributed by atoms with E-state index < -0.39 is 0 Å². The van der Waals surface area contributed by atoms with Gasteiger partial charge in [0.05, 0.1) is 12.5 Å². The van der Waals surface area contributed by atoms with Crippen LogP contribution in [0.4, 0.5) is 0 Å². The fraction of sp³-hybridized carbons (Fsp3) is 0.885. The first-order valence-electron chi connectivity index (χ1n) is 12.3. The highest BCUT2D eigenvalue weighted by molar-refractivity contribution is 5.78. The third-order valence-corrected chi connectivity index (χ3v) is 10.5. The summed E-state index contributed by atoms with van der Waals surface area (Å²) in [7, 11) is 1.61. The number of hydrogen-bond acceptors (Lipinski definition) is 2. The fourth-order valence-corrected chi connectivity index (χ4v) is 9.51. The van der Waals surface area contributed by atoms with Crippen LogP contribution in [0.1, 0.15) is 84.0 Å². The molecule has 0 saturated heterocycles. The van der Waals surface area contributed by atoms with Crippen molar-refractivity contribution in [3.05, 3.63) is 12.2 Å². The SMILES string of the molecule is C=C(C)C1CCC2(C(=O)OC)CCC3C4CCC5CCCCC5C4CCC3C12. The van der Waals surface area contributed by atoms with E-state index in [0.717, 1.165) is 54.8 Å². The van der Waals surface area contributed by atoms with Crippen molar-refractivity contribution in [1.82, 2.24) is 0 Å². The maximum Gasteiger partial charge on any atom is 0.312 e. The molecule has 9 unspecified atom stereocenters. The lowest BCUT2D eigenvalue weighted by Gasteiger charge is -2.58. The smallest absolute Gasteiger partial charge is 0.312 e. The predicted octanol–water partition coefficient (Wildman–Crippen LogP) is 6.40. The number of ether oxygens (including phenoxy) is 1. The monoisotopic (exact) mass is 384 g/mol. The average Bonchev–Trinajstić information content (AvgIpc) is 3.14. The summed E-state index contributed by atoms with van der Waals surface area (Å²) in [5.74, 6) is 6.74. The van der Waals surface area contributed by atoms with Gasteiger partial charge in [0, 0.05) is 0 Å². The van der Waals surface area contributed by atoms with E-state index in [1.807, 2.05) is 0 Å². The van der Waals surface area contributed by atoms with Gasteiger partial charge in [0.2, 0.25) is 0 Å². The van der Waals surface area contributed by atoms with E-state index in [-0.39, 0.29) is 11.4 Å². The minimum atomic E-state index is -0.200. The van der Waals surface area contributed by atoms with Gasteiger partial charge in [-0.3, -0.25) is 4.79 Å². The van der Waals surface area contributed by atoms with Gasteiger partial charge in [-0.1, -0.05) is 31.4 Å². The van der Waals surface area contributed by atoms with Crippen molar-refractivity contribution in [1.29, 1.82) is 0 Å². The van der Waals surface area contributed by atoms with Crippen LogP contribution in [-0.2, 0) is 9.53 Å². The Hall–Kier alpha value is -0.790. The standard InChI is InChI=1S/C26H40O2/c1-16(2)18-12-14-26(25(27)28-3)15-13-22-21-9-8-17-6-4-5-7-19(17)20(21)10-11-23(22)24(18)26/h17-24H,1,4-15H2,2-3H3. The Kier molecular flexibility index (Phi) is 4.91. The number of allylic oxidation sites excluding steroid dienone is 1. The van der Waals surface area contributed by atoms with Crippen molar-refractivity contribution in [3.8, 4) is 0 Å². The third-order valence-electron chi connectivity index (χ3n) is 10.5. The number of rotatable bonds is 2. The van der Waals surface area contributed by atoms with Crippen LogP contribution < -0.4 is 0 Å². The largest absolute Gasteiger partial charge is 0.469 e. The summed E-state index contributed by atoms with van der Waals surface area (Å²) in [4.78, 5) is 13.0. The molecule has 5 aliphatic carbocycles. The molecule has 2 heteroatoms. The molecular formula is C26H40O2. The summed E-state index contributed by atoms with van der Waals surface area (Å²) in [6.45, 7) is 6.57. The van der Waals surface area contributed by atoms with E-state index in [2.05, 4.69) is 13.5 Å². The molecule has 0 spiro atoms. The molecule has 156 valence electrons. The van der Waals surface area contributed by atoms with Crippen LogP contribution in [0.15, 0.2) is 12.2 Å². The van der Waals surface area contributed by atoms with Crippen LogP contribution in [0.2, 0.25) is 0 Å². The lowest BCUT2D eigenvalue weighted by atomic mass is 9.46. The van der Waals surface area contributed by atoms with Crippen molar-refractivity contribution in [2.24, 2.45) is 52.8 Å². The normalized spacial score (nSPS) is 49.9. The molecule has 28 heavy (non-hydrogen) atoms. The van der Waals surface area contributed by atoms with E-state index in [0.29, 0.717) is 11.8 Å². The topological polar surface area (TPSA) is 26.3 Å². The molecule has 5 fully saturated rings. The molecule has 2 nitrogen and oxygen atoms in total. The maximum atomic E-state index is 13.0. The van der Waals surface area contributed by atoms with Gasteiger partial charge in [0.15, 0.2) is 0 Å². The number of methoxy groups -OCH3 is 1. The first-order chi connectivity index (χ1) is 13.6. The fourth-order valence-electron chi connectivity index (χ4n) is 9.51. The summed E-state index contributed by atoms with van der Waals surface area (Å²) in [6.07, 6.45) is 16.3. The third kappa shape index (κ3) is 2.68. The van der Waals surface area contributed by atoms with E-state index in [1.54, 1.807) is 7.11 Å². The highest BCUT2D eigenvalue weighted by Crippen LogP contribution is 2.66. The van der Waals surface area contributed by atoms with E-state index in [9.17, 15) is 4.79 Å². The Morgan fingerprint density at radius 2 is 1.46 bits per heavy atom. The Morgan fingerprint density at radius 1 is 0.821 bits per heavy atom. The molecule has 0 aliphatic heterocycles. The molecule has 0 radical (unpaired) electrons. The van der Waals surface area contributed by atoms with Crippen molar-refractivity contribution >= 4 is 5.97 Å². The number of carbonyl (C=O) groups is 1. The lowest BCUT2D eigenvalue weighted by Crippen LogP contribution is -2.53. The van der Waals surface area contributed by atoms with E-state index >= 15 is 0 Å². The van der Waals surface area contributed by atoms with Gasteiger partial charge in [0.1, 0.15) is 0 Å². The molecule has 5 rings (SSSR count). The van der Waals surface area contributed by atoms with Crippen LogP contribution in [0.5, 0.6) is 0 Å². The van der Waals surface area contributed by atoms with Gasteiger partial charge in [-0.15, -0.1) is 0 Å². The zero-order valence-corrected chi connectivity index (χ0v) is 18.1. The average molecular weight is 385 g/mol. The van der Waals surface area contributed by atoms with Gasteiger partial charge < -0.3 is 4.74 Å². The first-order valence-corrected chi connectivity index (χ1v) is 12.3. The zero-order valence-electron chi connectivity index (χ0n) is 18.1. The number of fused-ring (bicyclic) bond motifs is 7. The van der Waals surface area contributed by atoms with Crippen molar-refractivity contribution in [3.63, 3.8) is 0 Å². The summed E-state index contributed by atoms with van der Waals surface area (Å²) in [6, 6.07) is 0. The maximum absolute atomic E-state index is 13.0. The minimum absolute atomic E-state index is 0.0952. The second-order valence-electron chi connectivity index (χ2n) is 11.2. The molecule has 0 amide bonds. The molecule has 9 atom stereocenters. The second-order valence-corrected chi connectivity index (χ2v) is 11.2. The van der Waals surface area contributed by atoms with Gasteiger partial charge in [-0.2, -0.15) is 0 Å². The lowest BCUT2D eigenvalue weighted by molar-refractivity contribution is -0.167. The summed E-state index contributed by atoms with van der Waals surface area (Å²) < 4.78 is 5.41. The molecule has 5 saturated carbocycles. The summed E-state index contributed by atoms with van der Waals surface area (Å²) >= 11 is 0. The van der Waals surface area contributed by atoms with Gasteiger partial charge >= 0.3 is 5.97 Å². The van der Waals surface area contributed by atoms with Crippen LogP contribution in [0, 0.1) is 52.8 Å². The van der Waals surface area contributed by atoms with Crippen LogP contribution in [0.25, 0.3) is 0 Å². The predicted molar refractivity (Wildman–Crippen MR) is 113 cm³/mol. The molecule has 0 aromatic carbocycles. The molecule has 5 aliphatic rings. The highest BCUT2D eigenvalue weighted by Gasteiger charge is 2.62. The van der Waals surface area contributed by atoms with Crippen molar-refractivity contribution in [2.45, 2.75) is 84.0 Å². The van der Waals surface area contributed by atoms with E-state index in [1.165, 1.54) is 63.4 Å². The number of esters is 1. The first kappa shape index (κ1) is 19.2. The molecule has 0 aromatic heterocycles. The number of carbonyl (C=O) groups excluding carboxylic acids is 1. The van der Waals surface area contributed by atoms with Crippen LogP contribution in [0.3, 0.4) is 0 Å². The Balaban J connectivity index is 1.45. The summed E-state index contributed by atoms with van der Waals surface area (Å²) in [5.41, 5.74) is 1.11. The van der Waals surface area contributed by atoms with Gasteiger partial charge in [0.25, 0.3) is 0 Å². The quantitative estimate of drug-likeness (QED) is 0.407. The highest BCUT2D eigenvalue weighted by atomic mass is 16.5. The van der Waals surface area contributed by atoms with Gasteiger partial charge in [-0.05, 0) is 112 Å². The summed E-state index contributed by atoms with van der Waals surface area (Å²) in [5, 5.41) is 0. The Labute approximate surface area is 171 Å². The molecule has 0 N–H and O–H groups in total. The van der Waals surface area contributed by atoms with Crippen molar-refractivity contribution < 1.29 is 9.53 Å². The molecule has 0 bridgehead atoms. The van der Waals surface area contributed by atoms with E-state index in [4.69, 9.17) is 4.74 Å². The number of hydrogen-bond donors (Lipinski definition) is 0. The molecule has 0 heterocycles. The van der Waals surface area contributed by atoms with Crippen molar-refractivity contribution in [2.75, 3.05) is 7.11 Å². The van der Waals surface area contributed by atoms with Crippen LogP contribution in [-0.4, -0.2) is 13.1 Å².